The highest BCUT2D eigenvalue weighted by Crippen LogP contribution is 2.26. The monoisotopic (exact) mass is 517 g/mol. The second-order valence-corrected chi connectivity index (χ2v) is 7.95. The van der Waals surface area contributed by atoms with Crippen molar-refractivity contribution in [2.45, 2.75) is 19.0 Å². The Balaban J connectivity index is 1.70. The SMILES string of the molecule is O=C(Cn1c(Cl)cnc(NCC(F)(F)c2cccc[n+]2[O-])c1=O)NCc1cccc(Cl)c1Cl. The third kappa shape index (κ3) is 5.89. The molecule has 0 atom stereocenters. The van der Waals surface area contributed by atoms with Gasteiger partial charge in [0.25, 0.3) is 11.3 Å². The molecule has 0 bridgehead atoms. The van der Waals surface area contributed by atoms with Gasteiger partial charge in [-0.15, -0.1) is 0 Å². The van der Waals surface area contributed by atoms with Crippen molar-refractivity contribution < 1.29 is 18.3 Å². The maximum Gasteiger partial charge on any atom is 0.347 e. The predicted octanol–water partition coefficient (Wildman–Crippen LogP) is 3.36. The van der Waals surface area contributed by atoms with E-state index >= 15 is 0 Å². The minimum Gasteiger partial charge on any atom is -0.618 e. The lowest BCUT2D eigenvalue weighted by Crippen LogP contribution is -2.41. The summed E-state index contributed by atoms with van der Waals surface area (Å²) >= 11 is 18.0. The van der Waals surface area contributed by atoms with Crippen LogP contribution in [0.4, 0.5) is 14.6 Å². The second kappa shape index (κ2) is 10.3. The number of hydrogen-bond donors (Lipinski definition) is 2. The maximum atomic E-state index is 14.4. The summed E-state index contributed by atoms with van der Waals surface area (Å²) in [6, 6.07) is 8.50. The zero-order chi connectivity index (χ0) is 24.2. The van der Waals surface area contributed by atoms with Gasteiger partial charge in [-0.1, -0.05) is 46.9 Å². The molecular weight excluding hydrogens is 503 g/mol. The van der Waals surface area contributed by atoms with Crippen LogP contribution >= 0.6 is 34.8 Å². The third-order valence-corrected chi connectivity index (χ3v) is 5.65. The molecule has 0 saturated heterocycles. The molecule has 2 aromatic heterocycles. The van der Waals surface area contributed by atoms with Crippen LogP contribution < -0.4 is 20.9 Å². The van der Waals surface area contributed by atoms with Gasteiger partial charge in [0.2, 0.25) is 5.91 Å². The van der Waals surface area contributed by atoms with Crippen molar-refractivity contribution in [2.24, 2.45) is 0 Å². The van der Waals surface area contributed by atoms with Crippen molar-refractivity contribution in [2.75, 3.05) is 11.9 Å². The molecule has 174 valence electrons. The van der Waals surface area contributed by atoms with Crippen molar-refractivity contribution in [3.63, 3.8) is 0 Å². The number of hydrogen-bond acceptors (Lipinski definition) is 5. The number of carbonyl (C=O) groups is 1. The first-order valence-electron chi connectivity index (χ1n) is 9.35. The van der Waals surface area contributed by atoms with E-state index in [0.717, 1.165) is 23.0 Å². The van der Waals surface area contributed by atoms with E-state index in [2.05, 4.69) is 15.6 Å². The first-order chi connectivity index (χ1) is 15.6. The molecule has 3 rings (SSSR count). The molecule has 2 N–H and O–H groups in total. The fraction of sp³-hybridized carbons (Fsp3) is 0.200. The molecule has 0 aliphatic heterocycles. The highest BCUT2D eigenvalue weighted by atomic mass is 35.5. The quantitative estimate of drug-likeness (QED) is 0.352. The van der Waals surface area contributed by atoms with E-state index in [1.165, 1.54) is 12.1 Å². The lowest BCUT2D eigenvalue weighted by molar-refractivity contribution is -0.624. The molecular formula is C20H16Cl3F2N5O3. The molecule has 0 spiro atoms. The van der Waals surface area contributed by atoms with Crippen LogP contribution in [0, 0.1) is 5.21 Å². The van der Waals surface area contributed by atoms with Gasteiger partial charge < -0.3 is 15.8 Å². The minimum atomic E-state index is -3.60. The summed E-state index contributed by atoms with van der Waals surface area (Å²) < 4.78 is 29.7. The Morgan fingerprint density at radius 3 is 2.67 bits per heavy atom. The Hall–Kier alpha value is -2.95. The Morgan fingerprint density at radius 2 is 1.94 bits per heavy atom. The average Bonchev–Trinajstić information content (AvgIpc) is 2.77. The van der Waals surface area contributed by atoms with E-state index in [0.29, 0.717) is 10.6 Å². The van der Waals surface area contributed by atoms with Gasteiger partial charge in [0.05, 0.1) is 22.8 Å². The summed E-state index contributed by atoms with van der Waals surface area (Å²) in [4.78, 5) is 28.7. The van der Waals surface area contributed by atoms with Gasteiger partial charge in [0.15, 0.2) is 12.0 Å². The molecule has 0 aliphatic carbocycles. The van der Waals surface area contributed by atoms with Crippen LogP contribution in [0.25, 0.3) is 0 Å². The number of anilines is 1. The fourth-order valence-electron chi connectivity index (χ4n) is 2.81. The summed E-state index contributed by atoms with van der Waals surface area (Å²) in [5.74, 6) is -4.65. The van der Waals surface area contributed by atoms with Crippen LogP contribution in [0.3, 0.4) is 0 Å². The number of halogens is 5. The highest BCUT2D eigenvalue weighted by molar-refractivity contribution is 6.42. The molecule has 2 heterocycles. The molecule has 13 heteroatoms. The number of amides is 1. The average molecular weight is 519 g/mol. The number of nitrogens with one attached hydrogen (secondary N) is 2. The molecule has 0 aliphatic rings. The maximum absolute atomic E-state index is 14.4. The van der Waals surface area contributed by atoms with Crippen LogP contribution in [0.1, 0.15) is 11.3 Å². The van der Waals surface area contributed by atoms with Crippen LogP contribution in [0.5, 0.6) is 0 Å². The van der Waals surface area contributed by atoms with Gasteiger partial charge in [-0.3, -0.25) is 14.2 Å². The number of aromatic nitrogens is 3. The van der Waals surface area contributed by atoms with Crippen molar-refractivity contribution in [3.8, 4) is 0 Å². The van der Waals surface area contributed by atoms with Gasteiger partial charge in [0, 0.05) is 18.7 Å². The van der Waals surface area contributed by atoms with Crippen LogP contribution in [-0.2, 0) is 23.8 Å². The van der Waals surface area contributed by atoms with Crippen molar-refractivity contribution in [1.29, 1.82) is 0 Å². The molecule has 1 aromatic carbocycles. The van der Waals surface area contributed by atoms with Crippen molar-refractivity contribution >= 4 is 46.5 Å². The van der Waals surface area contributed by atoms with Gasteiger partial charge in [-0.2, -0.15) is 13.5 Å². The van der Waals surface area contributed by atoms with E-state index < -0.39 is 42.0 Å². The summed E-state index contributed by atoms with van der Waals surface area (Å²) in [7, 11) is 0. The fourth-order valence-corrected chi connectivity index (χ4v) is 3.38. The molecule has 8 nitrogen and oxygen atoms in total. The standard InChI is InChI=1S/C20H16Cl3F2N5O3/c21-13-5-3-4-12(17(13)23)8-26-16(31)10-29-15(22)9-27-18(19(29)32)28-11-20(24,25)14-6-1-2-7-30(14)33/h1-7,9H,8,10-11H2,(H,26,31)(H,27,28). The summed E-state index contributed by atoms with van der Waals surface area (Å²) in [6.45, 7) is -1.54. The molecule has 0 unspecified atom stereocenters. The van der Waals surface area contributed by atoms with Crippen LogP contribution in [0.15, 0.2) is 53.6 Å². The van der Waals surface area contributed by atoms with Crippen LogP contribution in [0.2, 0.25) is 15.2 Å². The lowest BCUT2D eigenvalue weighted by atomic mass is 10.2. The number of benzene rings is 1. The molecule has 0 saturated carbocycles. The predicted molar refractivity (Wildman–Crippen MR) is 120 cm³/mol. The minimum absolute atomic E-state index is 0.0335. The Bertz CT molecular complexity index is 1240. The smallest absolute Gasteiger partial charge is 0.347 e. The van der Waals surface area contributed by atoms with Gasteiger partial charge in [0.1, 0.15) is 11.7 Å². The molecule has 0 radical (unpaired) electrons. The third-order valence-electron chi connectivity index (χ3n) is 4.49. The first-order valence-corrected chi connectivity index (χ1v) is 10.5. The summed E-state index contributed by atoms with van der Waals surface area (Å²) in [5.41, 5.74) is -1.13. The first kappa shape index (κ1) is 24.7. The van der Waals surface area contributed by atoms with Gasteiger partial charge in [-0.25, -0.2) is 4.98 Å². The Labute approximate surface area is 201 Å². The van der Waals surface area contributed by atoms with E-state index in [1.54, 1.807) is 18.2 Å². The van der Waals surface area contributed by atoms with Crippen LogP contribution in [-0.4, -0.2) is 22.0 Å². The number of carbonyl (C=O) groups excluding carboxylic acids is 1. The van der Waals surface area contributed by atoms with E-state index in [9.17, 15) is 23.6 Å². The van der Waals surface area contributed by atoms with Crippen molar-refractivity contribution in [3.05, 3.63) is 90.8 Å². The molecule has 33 heavy (non-hydrogen) atoms. The summed E-state index contributed by atoms with van der Waals surface area (Å²) in [6.07, 6.45) is 1.98. The van der Waals surface area contributed by atoms with Gasteiger partial charge in [-0.05, 0) is 17.7 Å². The normalized spacial score (nSPS) is 11.3. The Kier molecular flexibility index (Phi) is 7.72. The zero-order valence-corrected chi connectivity index (χ0v) is 19.0. The van der Waals surface area contributed by atoms with Gasteiger partial charge >= 0.3 is 5.92 Å². The number of nitrogens with zero attached hydrogens (tertiary/aromatic N) is 3. The zero-order valence-electron chi connectivity index (χ0n) is 16.7. The number of pyridine rings is 1. The highest BCUT2D eigenvalue weighted by Gasteiger charge is 2.39. The van der Waals surface area contributed by atoms with Crippen molar-refractivity contribution in [1.82, 2.24) is 14.9 Å². The van der Waals surface area contributed by atoms with E-state index in [-0.39, 0.29) is 21.5 Å². The van der Waals surface area contributed by atoms with E-state index in [4.69, 9.17) is 34.8 Å². The Morgan fingerprint density at radius 1 is 1.18 bits per heavy atom. The molecule has 3 aromatic rings. The molecule has 1 amide bonds. The number of alkyl halides is 2. The lowest BCUT2D eigenvalue weighted by Gasteiger charge is -2.17. The molecule has 0 fully saturated rings. The second-order valence-electron chi connectivity index (χ2n) is 6.78. The number of rotatable bonds is 8. The largest absolute Gasteiger partial charge is 0.618 e. The van der Waals surface area contributed by atoms with E-state index in [1.807, 2.05) is 0 Å². The topological polar surface area (TPSA) is 103 Å². The summed E-state index contributed by atoms with van der Waals surface area (Å²) in [5, 5.41) is 16.8.